The van der Waals surface area contributed by atoms with Gasteiger partial charge in [0.2, 0.25) is 17.7 Å². The van der Waals surface area contributed by atoms with Crippen LogP contribution in [-0.2, 0) is 20.8 Å². The zero-order valence-corrected chi connectivity index (χ0v) is 23.1. The third-order valence-corrected chi connectivity index (χ3v) is 6.86. The number of carbonyl (C=O) groups excluding carboxylic acids is 3. The highest BCUT2D eigenvalue weighted by molar-refractivity contribution is 6.04. The molecule has 3 aromatic carbocycles. The minimum Gasteiger partial charge on any atom is -0.350 e. The number of nitrogens with zero attached hydrogens (tertiary/aromatic N) is 1. The van der Waals surface area contributed by atoms with Gasteiger partial charge in [-0.25, -0.2) is 0 Å². The van der Waals surface area contributed by atoms with E-state index in [1.165, 1.54) is 4.90 Å². The van der Waals surface area contributed by atoms with Gasteiger partial charge in [0.15, 0.2) is 0 Å². The van der Waals surface area contributed by atoms with Gasteiger partial charge in [-0.3, -0.25) is 14.4 Å². The van der Waals surface area contributed by atoms with E-state index < -0.39 is 23.5 Å². The monoisotopic (exact) mass is 526 g/mol. The third-order valence-electron chi connectivity index (χ3n) is 6.86. The summed E-state index contributed by atoms with van der Waals surface area (Å²) in [6, 6.07) is 23.8. The lowest BCUT2D eigenvalue weighted by Crippen LogP contribution is -2.55. The van der Waals surface area contributed by atoms with E-state index in [1.807, 2.05) is 107 Å². The molecular weight excluding hydrogens is 488 g/mol. The van der Waals surface area contributed by atoms with E-state index in [0.29, 0.717) is 18.5 Å². The fraction of sp³-hybridized carbons (Fsp3) is 0.344. The molecule has 0 saturated heterocycles. The van der Waals surface area contributed by atoms with Crippen LogP contribution in [0.15, 0.2) is 78.9 Å². The second kappa shape index (κ2) is 11.8. The maximum absolute atomic E-state index is 14.1. The number of hydrogen-bond donors (Lipinski definition) is 3. The van der Waals surface area contributed by atoms with Gasteiger partial charge in [0, 0.05) is 17.1 Å². The van der Waals surface area contributed by atoms with Crippen molar-refractivity contribution in [2.24, 2.45) is 5.73 Å². The standard InChI is InChI=1S/C32H38N4O3/c1-21-15-16-24-25(23-13-9-6-10-14-23)19-27(34-30(38)26(33)18-22-11-7-5-8-12-22)31(39)36(28(24)17-21)20-29(37)35-32(2,3)4/h5-17,25-27H,18-20,33H2,1-4H3,(H,34,38)(H,35,37)/t25-,26+,27-/m1/s1. The number of hydrogen-bond acceptors (Lipinski definition) is 4. The first kappa shape index (κ1) is 28.0. The number of fused-ring (bicyclic) bond motifs is 1. The van der Waals surface area contributed by atoms with Crippen molar-refractivity contribution >= 4 is 23.4 Å². The number of nitrogens with one attached hydrogen (secondary N) is 2. The number of rotatable bonds is 7. The van der Waals surface area contributed by atoms with Gasteiger partial charge in [-0.05, 0) is 68.9 Å². The Kier molecular flexibility index (Phi) is 8.51. The van der Waals surface area contributed by atoms with Crippen molar-refractivity contribution in [3.63, 3.8) is 0 Å². The van der Waals surface area contributed by atoms with Crippen molar-refractivity contribution in [3.8, 4) is 0 Å². The molecule has 7 nitrogen and oxygen atoms in total. The van der Waals surface area contributed by atoms with E-state index in [-0.39, 0.29) is 24.3 Å². The maximum atomic E-state index is 14.1. The average Bonchev–Trinajstić information content (AvgIpc) is 2.99. The van der Waals surface area contributed by atoms with Crippen LogP contribution in [0.1, 0.15) is 55.4 Å². The molecule has 0 fully saturated rings. The third kappa shape index (κ3) is 7.12. The molecule has 0 aromatic heterocycles. The second-order valence-electron chi connectivity index (χ2n) is 11.3. The first-order valence-electron chi connectivity index (χ1n) is 13.4. The van der Waals surface area contributed by atoms with Crippen molar-refractivity contribution in [1.82, 2.24) is 10.6 Å². The fourth-order valence-corrected chi connectivity index (χ4v) is 5.08. The summed E-state index contributed by atoms with van der Waals surface area (Å²) in [6.45, 7) is 7.50. The molecule has 0 bridgehead atoms. The van der Waals surface area contributed by atoms with E-state index in [4.69, 9.17) is 5.73 Å². The van der Waals surface area contributed by atoms with Gasteiger partial charge in [0.05, 0.1) is 6.04 Å². The zero-order valence-electron chi connectivity index (χ0n) is 23.1. The summed E-state index contributed by atoms with van der Waals surface area (Å²) in [4.78, 5) is 42.0. The van der Waals surface area contributed by atoms with E-state index in [0.717, 1.165) is 22.3 Å². The normalized spacial score (nSPS) is 18.1. The molecule has 4 N–H and O–H groups in total. The van der Waals surface area contributed by atoms with Crippen LogP contribution in [0.3, 0.4) is 0 Å². The SMILES string of the molecule is Cc1ccc2c(c1)N(CC(=O)NC(C)(C)C)C(=O)[C@H](NC(=O)[C@@H](N)Cc1ccccc1)C[C@@H]2c1ccccc1. The predicted molar refractivity (Wildman–Crippen MR) is 154 cm³/mol. The molecule has 0 radical (unpaired) electrons. The molecule has 3 atom stereocenters. The van der Waals surface area contributed by atoms with Crippen molar-refractivity contribution in [2.45, 2.75) is 64.1 Å². The lowest BCUT2D eigenvalue weighted by molar-refractivity contribution is -0.129. The van der Waals surface area contributed by atoms with Gasteiger partial charge in [-0.2, -0.15) is 0 Å². The Bertz CT molecular complexity index is 1320. The summed E-state index contributed by atoms with van der Waals surface area (Å²) in [5.41, 5.74) is 10.4. The molecule has 4 rings (SSSR count). The molecule has 0 spiro atoms. The Morgan fingerprint density at radius 2 is 1.64 bits per heavy atom. The second-order valence-corrected chi connectivity index (χ2v) is 11.3. The molecule has 7 heteroatoms. The average molecular weight is 527 g/mol. The number of aryl methyl sites for hydroxylation is 1. The molecule has 0 unspecified atom stereocenters. The Hall–Kier alpha value is -3.97. The number of nitrogens with two attached hydrogens (primary N) is 1. The minimum absolute atomic E-state index is 0.156. The van der Waals surface area contributed by atoms with Crippen LogP contribution in [0, 0.1) is 6.92 Å². The smallest absolute Gasteiger partial charge is 0.250 e. The molecule has 0 saturated carbocycles. The predicted octanol–water partition coefficient (Wildman–Crippen LogP) is 3.83. The molecule has 204 valence electrons. The lowest BCUT2D eigenvalue weighted by Gasteiger charge is -2.28. The van der Waals surface area contributed by atoms with Crippen LogP contribution < -0.4 is 21.3 Å². The molecule has 39 heavy (non-hydrogen) atoms. The van der Waals surface area contributed by atoms with Crippen LogP contribution in [0.4, 0.5) is 5.69 Å². The van der Waals surface area contributed by atoms with Crippen molar-refractivity contribution in [3.05, 3.63) is 101 Å². The summed E-state index contributed by atoms with van der Waals surface area (Å²) in [7, 11) is 0. The van der Waals surface area contributed by atoms with E-state index >= 15 is 0 Å². The van der Waals surface area contributed by atoms with Gasteiger partial charge >= 0.3 is 0 Å². The Labute approximate surface area is 230 Å². The molecule has 1 heterocycles. The molecule has 1 aliphatic heterocycles. The summed E-state index contributed by atoms with van der Waals surface area (Å²) in [5.74, 6) is -1.17. The highest BCUT2D eigenvalue weighted by Crippen LogP contribution is 2.39. The summed E-state index contributed by atoms with van der Waals surface area (Å²) < 4.78 is 0. The highest BCUT2D eigenvalue weighted by atomic mass is 16.2. The van der Waals surface area contributed by atoms with Crippen LogP contribution >= 0.6 is 0 Å². The maximum Gasteiger partial charge on any atom is 0.250 e. The van der Waals surface area contributed by atoms with Crippen molar-refractivity contribution in [2.75, 3.05) is 11.4 Å². The van der Waals surface area contributed by atoms with Crippen LogP contribution in [0.5, 0.6) is 0 Å². The molecule has 1 aliphatic rings. The van der Waals surface area contributed by atoms with Crippen LogP contribution in [0.2, 0.25) is 0 Å². The van der Waals surface area contributed by atoms with Crippen LogP contribution in [0.25, 0.3) is 0 Å². The highest BCUT2D eigenvalue weighted by Gasteiger charge is 2.38. The van der Waals surface area contributed by atoms with Gasteiger partial charge < -0.3 is 21.3 Å². The summed E-state index contributed by atoms with van der Waals surface area (Å²) in [5, 5.41) is 5.90. The Morgan fingerprint density at radius 1 is 1.00 bits per heavy atom. The quantitative estimate of drug-likeness (QED) is 0.435. The minimum atomic E-state index is -0.861. The topological polar surface area (TPSA) is 105 Å². The first-order chi connectivity index (χ1) is 18.5. The Balaban J connectivity index is 1.70. The molecule has 0 aliphatic carbocycles. The Morgan fingerprint density at radius 3 is 2.28 bits per heavy atom. The lowest BCUT2D eigenvalue weighted by atomic mass is 9.85. The van der Waals surface area contributed by atoms with Gasteiger partial charge in [0.25, 0.3) is 0 Å². The number of carbonyl (C=O) groups is 3. The molecular formula is C32H38N4O3. The van der Waals surface area contributed by atoms with Gasteiger partial charge in [-0.1, -0.05) is 72.8 Å². The van der Waals surface area contributed by atoms with E-state index in [1.54, 1.807) is 0 Å². The van der Waals surface area contributed by atoms with Crippen LogP contribution in [-0.4, -0.2) is 41.9 Å². The van der Waals surface area contributed by atoms with E-state index in [9.17, 15) is 14.4 Å². The largest absolute Gasteiger partial charge is 0.350 e. The van der Waals surface area contributed by atoms with Gasteiger partial charge in [-0.15, -0.1) is 0 Å². The summed E-state index contributed by atoms with van der Waals surface area (Å²) in [6.07, 6.45) is 0.701. The first-order valence-corrected chi connectivity index (χ1v) is 13.4. The molecule has 3 aromatic rings. The summed E-state index contributed by atoms with van der Waals surface area (Å²) >= 11 is 0. The number of amides is 3. The fourth-order valence-electron chi connectivity index (χ4n) is 5.08. The van der Waals surface area contributed by atoms with Crippen molar-refractivity contribution in [1.29, 1.82) is 0 Å². The van der Waals surface area contributed by atoms with E-state index in [2.05, 4.69) is 10.6 Å². The number of benzene rings is 3. The zero-order chi connectivity index (χ0) is 28.2. The molecule has 3 amide bonds. The van der Waals surface area contributed by atoms with Crippen molar-refractivity contribution < 1.29 is 14.4 Å². The van der Waals surface area contributed by atoms with Gasteiger partial charge in [0.1, 0.15) is 12.6 Å². The number of anilines is 1.